The summed E-state index contributed by atoms with van der Waals surface area (Å²) >= 11 is 0. The molecule has 0 aromatic heterocycles. The number of hydrogen-bond acceptors (Lipinski definition) is 3. The lowest BCUT2D eigenvalue weighted by Crippen LogP contribution is -2.39. The summed E-state index contributed by atoms with van der Waals surface area (Å²) < 4.78 is 0. The molecule has 162 valence electrons. The molecule has 2 aliphatic heterocycles. The molecule has 0 bridgehead atoms. The highest BCUT2D eigenvalue weighted by Crippen LogP contribution is 2.52. The van der Waals surface area contributed by atoms with Crippen molar-refractivity contribution in [1.29, 1.82) is 0 Å². The van der Waals surface area contributed by atoms with E-state index in [0.29, 0.717) is 0 Å². The van der Waals surface area contributed by atoms with Gasteiger partial charge in [-0.15, -0.1) is 0 Å². The summed E-state index contributed by atoms with van der Waals surface area (Å²) in [6.07, 6.45) is 1.03. The third-order valence-electron chi connectivity index (χ3n) is 7.09. The highest BCUT2D eigenvalue weighted by Gasteiger charge is 2.39. The Balaban J connectivity index is 1.61. The van der Waals surface area contributed by atoms with Crippen LogP contribution >= 0.6 is 0 Å². The Morgan fingerprint density at radius 3 is 1.09 bits per heavy atom. The second-order valence-electron chi connectivity index (χ2n) is 8.71. The Morgan fingerprint density at radius 1 is 0.545 bits per heavy atom. The average Bonchev–Trinajstić information content (AvgIpc) is 2.88. The number of carbonyl (C=O) groups excluding carboxylic acids is 1. The minimum atomic E-state index is -0.194. The van der Waals surface area contributed by atoms with Gasteiger partial charge in [-0.2, -0.15) is 0 Å². The standard InChI is InChI=1S/C29H25N3O/c1-30-24-15-7-3-11-20(24)28(21-12-4-8-16-25(21)30)32(19-33)29-22-13-5-9-17-26(22)31(2)27-18-10-6-14-23(27)29/h3-19,28-29H,1-2H3. The topological polar surface area (TPSA) is 26.8 Å². The monoisotopic (exact) mass is 431 g/mol. The molecule has 2 heterocycles. The van der Waals surface area contributed by atoms with E-state index in [1.54, 1.807) is 0 Å². The van der Waals surface area contributed by atoms with E-state index in [1.807, 2.05) is 4.90 Å². The molecule has 4 aromatic rings. The van der Waals surface area contributed by atoms with E-state index in [-0.39, 0.29) is 12.1 Å². The number of para-hydroxylation sites is 4. The van der Waals surface area contributed by atoms with Gasteiger partial charge < -0.3 is 14.7 Å². The molecule has 0 aliphatic carbocycles. The minimum Gasteiger partial charge on any atom is -0.344 e. The smallest absolute Gasteiger partial charge is 0.211 e. The fourth-order valence-electron chi connectivity index (χ4n) is 5.60. The van der Waals surface area contributed by atoms with Gasteiger partial charge in [0, 0.05) is 59.1 Å². The first kappa shape index (κ1) is 19.6. The van der Waals surface area contributed by atoms with Crippen molar-refractivity contribution in [3.8, 4) is 0 Å². The molecule has 2 aliphatic rings. The molecular formula is C29H25N3O. The molecule has 4 nitrogen and oxygen atoms in total. The SMILES string of the molecule is CN1c2ccccc2C(N(C=O)C2c3ccccc3N(C)c3ccccc32)c2ccccc21. The average molecular weight is 432 g/mol. The summed E-state index contributed by atoms with van der Waals surface area (Å²) in [5.74, 6) is 0. The van der Waals surface area contributed by atoms with E-state index in [4.69, 9.17) is 0 Å². The lowest BCUT2D eigenvalue weighted by Gasteiger charge is -2.45. The van der Waals surface area contributed by atoms with E-state index >= 15 is 0 Å². The molecule has 0 fully saturated rings. The predicted octanol–water partition coefficient (Wildman–Crippen LogP) is 6.19. The van der Waals surface area contributed by atoms with Crippen LogP contribution in [-0.4, -0.2) is 25.4 Å². The van der Waals surface area contributed by atoms with Gasteiger partial charge in [-0.3, -0.25) is 4.79 Å². The van der Waals surface area contributed by atoms with E-state index < -0.39 is 0 Å². The molecule has 0 atom stereocenters. The zero-order chi connectivity index (χ0) is 22.5. The summed E-state index contributed by atoms with van der Waals surface area (Å²) in [5, 5.41) is 0. The maximum Gasteiger partial charge on any atom is 0.211 e. The van der Waals surface area contributed by atoms with E-state index in [1.165, 1.54) is 0 Å². The quantitative estimate of drug-likeness (QED) is 0.362. The molecule has 0 saturated carbocycles. The van der Waals surface area contributed by atoms with Crippen LogP contribution < -0.4 is 9.80 Å². The summed E-state index contributed by atoms with van der Waals surface area (Å²) in [6, 6.07) is 33.2. The highest BCUT2D eigenvalue weighted by atomic mass is 16.1. The first-order valence-corrected chi connectivity index (χ1v) is 11.3. The van der Waals surface area contributed by atoms with Crippen LogP contribution in [0.15, 0.2) is 97.1 Å². The molecule has 0 radical (unpaired) electrons. The molecular weight excluding hydrogens is 406 g/mol. The predicted molar refractivity (Wildman–Crippen MR) is 133 cm³/mol. The van der Waals surface area contributed by atoms with Crippen molar-refractivity contribution in [3.05, 3.63) is 119 Å². The molecule has 4 aromatic carbocycles. The molecule has 0 saturated heterocycles. The fraction of sp³-hybridized carbons (Fsp3) is 0.138. The number of anilines is 4. The van der Waals surface area contributed by atoms with Crippen molar-refractivity contribution >= 4 is 29.2 Å². The van der Waals surface area contributed by atoms with Crippen LogP contribution in [0.25, 0.3) is 0 Å². The Bertz CT molecular complexity index is 1170. The molecule has 6 rings (SSSR count). The summed E-state index contributed by atoms with van der Waals surface area (Å²) in [4.78, 5) is 19.5. The Morgan fingerprint density at radius 2 is 0.818 bits per heavy atom. The number of amides is 1. The van der Waals surface area contributed by atoms with Crippen LogP contribution in [0.4, 0.5) is 22.7 Å². The lowest BCUT2D eigenvalue weighted by molar-refractivity contribution is -0.121. The van der Waals surface area contributed by atoms with Crippen LogP contribution in [0.2, 0.25) is 0 Å². The van der Waals surface area contributed by atoms with Crippen LogP contribution in [-0.2, 0) is 4.79 Å². The van der Waals surface area contributed by atoms with Crippen LogP contribution in [0.5, 0.6) is 0 Å². The van der Waals surface area contributed by atoms with Crippen molar-refractivity contribution < 1.29 is 4.79 Å². The van der Waals surface area contributed by atoms with Crippen LogP contribution in [0, 0.1) is 0 Å². The molecule has 1 amide bonds. The largest absolute Gasteiger partial charge is 0.344 e. The zero-order valence-electron chi connectivity index (χ0n) is 18.7. The number of fused-ring (bicyclic) bond motifs is 4. The van der Waals surface area contributed by atoms with Gasteiger partial charge in [-0.1, -0.05) is 72.8 Å². The first-order valence-electron chi connectivity index (χ1n) is 11.3. The summed E-state index contributed by atoms with van der Waals surface area (Å²) in [7, 11) is 4.19. The Hall–Kier alpha value is -4.05. The van der Waals surface area contributed by atoms with Gasteiger partial charge in [0.05, 0.1) is 12.1 Å². The van der Waals surface area contributed by atoms with E-state index in [9.17, 15) is 4.79 Å². The maximum absolute atomic E-state index is 13.0. The van der Waals surface area contributed by atoms with Crippen molar-refractivity contribution in [2.45, 2.75) is 12.1 Å². The molecule has 0 unspecified atom stereocenters. The molecule has 33 heavy (non-hydrogen) atoms. The first-order chi connectivity index (χ1) is 16.2. The minimum absolute atomic E-state index is 0.194. The highest BCUT2D eigenvalue weighted by molar-refractivity contribution is 5.79. The number of hydrogen-bond donors (Lipinski definition) is 0. The maximum atomic E-state index is 13.0. The number of benzene rings is 4. The zero-order valence-corrected chi connectivity index (χ0v) is 18.7. The van der Waals surface area contributed by atoms with Gasteiger partial charge in [0.2, 0.25) is 6.41 Å². The number of nitrogens with zero attached hydrogens (tertiary/aromatic N) is 3. The van der Waals surface area contributed by atoms with Crippen LogP contribution in [0.1, 0.15) is 34.3 Å². The Labute approximate surface area is 194 Å². The second kappa shape index (κ2) is 7.52. The summed E-state index contributed by atoms with van der Waals surface area (Å²) in [5.41, 5.74) is 9.06. The third-order valence-corrected chi connectivity index (χ3v) is 7.09. The second-order valence-corrected chi connectivity index (χ2v) is 8.71. The molecule has 0 N–H and O–H groups in total. The number of carbonyl (C=O) groups is 1. The Kier molecular flexibility index (Phi) is 4.47. The lowest BCUT2D eigenvalue weighted by atomic mass is 9.84. The van der Waals surface area contributed by atoms with Gasteiger partial charge in [0.25, 0.3) is 0 Å². The van der Waals surface area contributed by atoms with Crippen molar-refractivity contribution in [1.82, 2.24) is 4.90 Å². The van der Waals surface area contributed by atoms with Crippen molar-refractivity contribution in [3.63, 3.8) is 0 Å². The fourth-order valence-corrected chi connectivity index (χ4v) is 5.60. The van der Waals surface area contributed by atoms with E-state index in [2.05, 4.69) is 121 Å². The molecule has 4 heteroatoms. The van der Waals surface area contributed by atoms with Gasteiger partial charge in [-0.05, 0) is 24.3 Å². The van der Waals surface area contributed by atoms with Gasteiger partial charge >= 0.3 is 0 Å². The van der Waals surface area contributed by atoms with Gasteiger partial charge in [0.1, 0.15) is 0 Å². The molecule has 0 spiro atoms. The van der Waals surface area contributed by atoms with Crippen molar-refractivity contribution in [2.75, 3.05) is 23.9 Å². The van der Waals surface area contributed by atoms with E-state index in [0.717, 1.165) is 51.4 Å². The normalized spacial score (nSPS) is 14.7. The van der Waals surface area contributed by atoms with Crippen molar-refractivity contribution in [2.24, 2.45) is 0 Å². The van der Waals surface area contributed by atoms with Crippen LogP contribution in [0.3, 0.4) is 0 Å². The summed E-state index contributed by atoms with van der Waals surface area (Å²) in [6.45, 7) is 0. The van der Waals surface area contributed by atoms with Gasteiger partial charge in [-0.25, -0.2) is 0 Å². The van der Waals surface area contributed by atoms with Gasteiger partial charge in [0.15, 0.2) is 0 Å². The third kappa shape index (κ3) is 2.80. The number of rotatable bonds is 3.